The van der Waals surface area contributed by atoms with Gasteiger partial charge in [-0.05, 0) is 51.1 Å². The van der Waals surface area contributed by atoms with Gasteiger partial charge in [-0.3, -0.25) is 14.4 Å². The fourth-order valence-electron chi connectivity index (χ4n) is 3.21. The molecule has 6 nitrogen and oxygen atoms in total. The first-order valence-electron chi connectivity index (χ1n) is 8.19. The van der Waals surface area contributed by atoms with Crippen molar-refractivity contribution in [3.63, 3.8) is 0 Å². The van der Waals surface area contributed by atoms with Crippen LogP contribution in [0.15, 0.2) is 30.6 Å². The van der Waals surface area contributed by atoms with Gasteiger partial charge in [-0.15, -0.1) is 0 Å². The number of hydrogen-bond donors (Lipinski definition) is 1. The number of aromatic nitrogens is 3. The van der Waals surface area contributed by atoms with Gasteiger partial charge in [0, 0.05) is 31.1 Å². The van der Waals surface area contributed by atoms with E-state index in [4.69, 9.17) is 11.6 Å². The number of halogens is 1. The van der Waals surface area contributed by atoms with Crippen LogP contribution >= 0.6 is 11.6 Å². The lowest BCUT2D eigenvalue weighted by molar-refractivity contribution is -0.121. The zero-order chi connectivity index (χ0) is 17.1. The van der Waals surface area contributed by atoms with E-state index in [0.29, 0.717) is 16.8 Å². The van der Waals surface area contributed by atoms with E-state index in [1.165, 1.54) is 11.9 Å². The molecule has 0 radical (unpaired) electrons. The molecular weight excluding hydrogens is 326 g/mol. The molecule has 3 rings (SSSR count). The van der Waals surface area contributed by atoms with Crippen LogP contribution in [0, 0.1) is 0 Å². The monoisotopic (exact) mass is 347 g/mol. The fraction of sp³-hybridized carbons (Fsp3) is 0.471. The molecule has 2 aromatic heterocycles. The number of piperidine rings is 1. The van der Waals surface area contributed by atoms with Gasteiger partial charge in [0.25, 0.3) is 0 Å². The van der Waals surface area contributed by atoms with Crippen molar-refractivity contribution in [1.82, 2.24) is 19.7 Å². The molecule has 24 heavy (non-hydrogen) atoms. The molecule has 1 atom stereocenters. The molecule has 1 N–H and O–H groups in total. The second kappa shape index (κ2) is 7.32. The number of likely N-dealkylation sites (tertiary alicyclic amines) is 1. The maximum atomic E-state index is 12.4. The summed E-state index contributed by atoms with van der Waals surface area (Å²) in [6.07, 6.45) is 5.45. The molecule has 7 heteroatoms. The topological polar surface area (TPSA) is 63.1 Å². The molecule has 1 fully saturated rings. The molecule has 0 unspecified atom stereocenters. The maximum absolute atomic E-state index is 12.4. The predicted octanol–water partition coefficient (Wildman–Crippen LogP) is 2.68. The summed E-state index contributed by atoms with van der Waals surface area (Å²) in [7, 11) is 1.98. The van der Waals surface area contributed by atoms with E-state index in [0.717, 1.165) is 25.9 Å². The van der Waals surface area contributed by atoms with Crippen LogP contribution < -0.4 is 5.32 Å². The Labute approximate surface area is 146 Å². The summed E-state index contributed by atoms with van der Waals surface area (Å²) in [5, 5.41) is 7.65. The molecule has 0 aliphatic carbocycles. The summed E-state index contributed by atoms with van der Waals surface area (Å²) in [4.78, 5) is 18.8. The Kier molecular flexibility index (Phi) is 5.16. The van der Waals surface area contributed by atoms with Crippen LogP contribution in [0.25, 0.3) is 0 Å². The second-order valence-electron chi connectivity index (χ2n) is 6.22. The highest BCUT2D eigenvalue weighted by molar-refractivity contribution is 6.30. The van der Waals surface area contributed by atoms with Gasteiger partial charge in [0.1, 0.15) is 5.82 Å². The van der Waals surface area contributed by atoms with Crippen molar-refractivity contribution in [2.45, 2.75) is 31.7 Å². The highest BCUT2D eigenvalue weighted by atomic mass is 35.5. The lowest BCUT2D eigenvalue weighted by Gasteiger charge is -2.35. The van der Waals surface area contributed by atoms with Crippen LogP contribution in [-0.2, 0) is 11.8 Å². The third-order valence-electron chi connectivity index (χ3n) is 4.71. The summed E-state index contributed by atoms with van der Waals surface area (Å²) in [6, 6.07) is 5.33. The van der Waals surface area contributed by atoms with Gasteiger partial charge >= 0.3 is 0 Å². The molecule has 0 aromatic carbocycles. The van der Waals surface area contributed by atoms with E-state index in [2.05, 4.69) is 26.4 Å². The third-order valence-corrected chi connectivity index (χ3v) is 4.94. The van der Waals surface area contributed by atoms with E-state index in [9.17, 15) is 4.79 Å². The smallest absolute Gasteiger partial charge is 0.242 e. The van der Waals surface area contributed by atoms with Crippen molar-refractivity contribution in [2.24, 2.45) is 7.05 Å². The SMILES string of the molecule is C[C@H](C(=O)Nc1ccc(Cl)cn1)N1CCC(c2ccnn2C)CC1. The van der Waals surface area contributed by atoms with Gasteiger partial charge in [-0.25, -0.2) is 4.98 Å². The molecule has 0 spiro atoms. The van der Waals surface area contributed by atoms with Crippen molar-refractivity contribution >= 4 is 23.3 Å². The Balaban J connectivity index is 1.54. The second-order valence-corrected chi connectivity index (χ2v) is 6.65. The van der Waals surface area contributed by atoms with Gasteiger partial charge < -0.3 is 5.32 Å². The number of nitrogens with one attached hydrogen (secondary N) is 1. The highest BCUT2D eigenvalue weighted by Crippen LogP contribution is 2.28. The molecule has 2 aromatic rings. The summed E-state index contributed by atoms with van der Waals surface area (Å²) >= 11 is 5.81. The van der Waals surface area contributed by atoms with Crippen LogP contribution in [0.2, 0.25) is 5.02 Å². The minimum absolute atomic E-state index is 0.0381. The summed E-state index contributed by atoms with van der Waals surface area (Å²) in [5.41, 5.74) is 1.28. The van der Waals surface area contributed by atoms with Crippen LogP contribution in [0.4, 0.5) is 5.82 Å². The van der Waals surface area contributed by atoms with E-state index < -0.39 is 0 Å². The third kappa shape index (κ3) is 3.76. The van der Waals surface area contributed by atoms with Crippen molar-refractivity contribution < 1.29 is 4.79 Å². The normalized spacial score (nSPS) is 17.6. The van der Waals surface area contributed by atoms with Gasteiger partial charge in [0.2, 0.25) is 5.91 Å². The first-order chi connectivity index (χ1) is 11.5. The summed E-state index contributed by atoms with van der Waals surface area (Å²) < 4.78 is 1.95. The molecule has 1 saturated heterocycles. The predicted molar refractivity (Wildman–Crippen MR) is 94.1 cm³/mol. The average Bonchev–Trinajstić information content (AvgIpc) is 3.02. The van der Waals surface area contributed by atoms with Crippen molar-refractivity contribution in [3.8, 4) is 0 Å². The number of anilines is 1. The number of carbonyl (C=O) groups excluding carboxylic acids is 1. The number of amides is 1. The van der Waals surface area contributed by atoms with Crippen molar-refractivity contribution in [2.75, 3.05) is 18.4 Å². The lowest BCUT2D eigenvalue weighted by Crippen LogP contribution is -2.46. The Bertz CT molecular complexity index is 691. The molecule has 1 amide bonds. The summed E-state index contributed by atoms with van der Waals surface area (Å²) in [6.45, 7) is 3.74. The number of pyridine rings is 1. The molecule has 1 aliphatic heterocycles. The Morgan fingerprint density at radius 1 is 1.33 bits per heavy atom. The Hall–Kier alpha value is -1.92. The first kappa shape index (κ1) is 16.9. The first-order valence-corrected chi connectivity index (χ1v) is 8.57. The molecule has 1 aliphatic rings. The molecule has 0 bridgehead atoms. The van der Waals surface area contributed by atoms with Gasteiger partial charge in [0.15, 0.2) is 0 Å². The Morgan fingerprint density at radius 3 is 2.67 bits per heavy atom. The van der Waals surface area contributed by atoms with Crippen LogP contribution in [0.1, 0.15) is 31.4 Å². The molecular formula is C17H22ClN5O. The largest absolute Gasteiger partial charge is 0.309 e. The van der Waals surface area contributed by atoms with Crippen molar-refractivity contribution in [1.29, 1.82) is 0 Å². The lowest BCUT2D eigenvalue weighted by atomic mass is 9.92. The number of carbonyl (C=O) groups is 1. The van der Waals surface area contributed by atoms with E-state index in [1.807, 2.05) is 24.9 Å². The van der Waals surface area contributed by atoms with E-state index in [1.54, 1.807) is 12.1 Å². The zero-order valence-electron chi connectivity index (χ0n) is 13.9. The van der Waals surface area contributed by atoms with Crippen LogP contribution in [0.3, 0.4) is 0 Å². The molecule has 0 saturated carbocycles. The van der Waals surface area contributed by atoms with Crippen LogP contribution in [0.5, 0.6) is 0 Å². The van der Waals surface area contributed by atoms with E-state index >= 15 is 0 Å². The fourth-order valence-corrected chi connectivity index (χ4v) is 3.33. The number of nitrogens with zero attached hydrogens (tertiary/aromatic N) is 4. The van der Waals surface area contributed by atoms with Gasteiger partial charge in [-0.1, -0.05) is 11.6 Å². The quantitative estimate of drug-likeness (QED) is 0.923. The maximum Gasteiger partial charge on any atom is 0.242 e. The number of hydrogen-bond acceptors (Lipinski definition) is 4. The Morgan fingerprint density at radius 2 is 2.08 bits per heavy atom. The minimum Gasteiger partial charge on any atom is -0.309 e. The van der Waals surface area contributed by atoms with Gasteiger partial charge in [-0.2, -0.15) is 5.10 Å². The minimum atomic E-state index is -0.185. The number of aryl methyl sites for hydroxylation is 1. The van der Waals surface area contributed by atoms with Crippen molar-refractivity contribution in [3.05, 3.63) is 41.3 Å². The zero-order valence-corrected chi connectivity index (χ0v) is 14.7. The van der Waals surface area contributed by atoms with Gasteiger partial charge in [0.05, 0.1) is 11.1 Å². The summed E-state index contributed by atoms with van der Waals surface area (Å²) in [5.74, 6) is 1.01. The number of rotatable bonds is 4. The standard InChI is InChI=1S/C17H22ClN5O/c1-12(17(24)21-16-4-3-14(18)11-19-16)23-9-6-13(7-10-23)15-5-8-20-22(15)2/h3-5,8,11-13H,6-7,9-10H2,1-2H3,(H,19,21,24)/t12-/m1/s1. The average molecular weight is 348 g/mol. The highest BCUT2D eigenvalue weighted by Gasteiger charge is 2.28. The molecule has 128 valence electrons. The van der Waals surface area contributed by atoms with E-state index in [-0.39, 0.29) is 11.9 Å². The van der Waals surface area contributed by atoms with Crippen LogP contribution in [-0.4, -0.2) is 44.7 Å². The molecule has 3 heterocycles.